The number of fused-ring (bicyclic) bond motifs is 3. The number of hydrogen-bond acceptors (Lipinski definition) is 15. The largest absolute Gasteiger partial charge is 0.493 e. The second-order valence-corrected chi connectivity index (χ2v) is 22.7. The number of hydrogen-bond donors (Lipinski definition) is 2. The van der Waals surface area contributed by atoms with E-state index in [9.17, 15) is 19.2 Å². The zero-order chi connectivity index (χ0) is 60.0. The lowest BCUT2D eigenvalue weighted by atomic mass is 9.91. The van der Waals surface area contributed by atoms with E-state index >= 15 is 0 Å². The van der Waals surface area contributed by atoms with Crippen molar-refractivity contribution < 1.29 is 52.3 Å². The van der Waals surface area contributed by atoms with Crippen LogP contribution < -0.4 is 39.1 Å². The first-order chi connectivity index (χ1) is 40.7. The minimum Gasteiger partial charge on any atom is -0.493 e. The molecule has 8 rings (SSSR count). The fourth-order valence-corrected chi connectivity index (χ4v) is 12.5. The Morgan fingerprint density at radius 1 is 0.762 bits per heavy atom. The molecule has 0 saturated carbocycles. The van der Waals surface area contributed by atoms with Gasteiger partial charge in [0.25, 0.3) is 5.91 Å². The van der Waals surface area contributed by atoms with Gasteiger partial charge in [-0.2, -0.15) is 0 Å². The highest BCUT2D eigenvalue weighted by atomic mass is 35.5. The van der Waals surface area contributed by atoms with Crippen molar-refractivity contribution in [1.29, 1.82) is 0 Å². The molecule has 20 heteroatoms. The van der Waals surface area contributed by atoms with Gasteiger partial charge in [0.15, 0.2) is 35.4 Å². The number of aliphatic imine (C=N–C) groups is 1. The summed E-state index contributed by atoms with van der Waals surface area (Å²) < 4.78 is 42.4. The second kappa shape index (κ2) is 29.2. The van der Waals surface area contributed by atoms with E-state index in [1.807, 2.05) is 69.3 Å². The van der Waals surface area contributed by atoms with Crippen molar-refractivity contribution in [3.05, 3.63) is 134 Å². The number of halogens is 1. The molecule has 448 valence electrons. The van der Waals surface area contributed by atoms with Crippen molar-refractivity contribution in [2.75, 3.05) is 61.8 Å². The van der Waals surface area contributed by atoms with Gasteiger partial charge in [0.2, 0.25) is 17.6 Å². The van der Waals surface area contributed by atoms with Crippen molar-refractivity contribution in [3.63, 3.8) is 0 Å². The number of rotatable bonds is 27. The average Bonchev–Trinajstić information content (AvgIpc) is 1.99. The lowest BCUT2D eigenvalue weighted by molar-refractivity contribution is -0.162. The fourth-order valence-electron chi connectivity index (χ4n) is 11.1. The van der Waals surface area contributed by atoms with Gasteiger partial charge in [0.05, 0.1) is 53.1 Å². The predicted octanol–water partition coefficient (Wildman–Crippen LogP) is 11.1. The van der Waals surface area contributed by atoms with Gasteiger partial charge in [0.1, 0.15) is 34.8 Å². The number of carbonyl (C=O) groups is 4. The topological polar surface area (TPSA) is 203 Å². The summed E-state index contributed by atoms with van der Waals surface area (Å²) in [4.78, 5) is 64.6. The molecule has 4 heterocycles. The highest BCUT2D eigenvalue weighted by Crippen LogP contribution is 2.44. The molecule has 0 spiro atoms. The maximum Gasteiger partial charge on any atom is 0.329 e. The normalized spacial score (nSPS) is 15.7. The van der Waals surface area contributed by atoms with E-state index in [-0.39, 0.29) is 24.3 Å². The number of carbonyl (C=O) groups excluding carboxylic acids is 4. The third kappa shape index (κ3) is 14.3. The van der Waals surface area contributed by atoms with Crippen molar-refractivity contribution in [2.24, 2.45) is 10.9 Å². The molecule has 18 nitrogen and oxygen atoms in total. The number of unbranched alkanes of at least 4 members (excludes halogenated alkanes) is 2. The Labute approximate surface area is 501 Å². The Bertz CT molecular complexity index is 3280. The number of esters is 1. The van der Waals surface area contributed by atoms with Gasteiger partial charge in [-0.05, 0) is 156 Å². The lowest BCUT2D eigenvalue weighted by Crippen LogP contribution is -2.50. The van der Waals surface area contributed by atoms with E-state index < -0.39 is 36.0 Å². The molecule has 0 bridgehead atoms. The summed E-state index contributed by atoms with van der Waals surface area (Å²) in [6.45, 7) is 11.1. The van der Waals surface area contributed by atoms with E-state index in [0.29, 0.717) is 121 Å². The number of aromatic nitrogens is 3. The summed E-state index contributed by atoms with van der Waals surface area (Å²) in [5, 5.41) is 16.8. The third-order valence-electron chi connectivity index (χ3n) is 15.8. The summed E-state index contributed by atoms with van der Waals surface area (Å²) in [5.74, 6) is 2.05. The molecule has 0 radical (unpaired) electrons. The monoisotopic (exact) mass is 1190 g/mol. The molecule has 0 aliphatic carbocycles. The van der Waals surface area contributed by atoms with Crippen LogP contribution >= 0.6 is 22.9 Å². The van der Waals surface area contributed by atoms with Gasteiger partial charge in [-0.25, -0.2) is 4.79 Å². The number of benzene rings is 4. The number of aryl methyl sites for hydroxylation is 3. The number of methoxy groups -OCH3 is 5. The molecule has 4 aromatic carbocycles. The van der Waals surface area contributed by atoms with Crippen LogP contribution in [0.3, 0.4) is 0 Å². The summed E-state index contributed by atoms with van der Waals surface area (Å²) in [5.41, 5.74) is 6.13. The van der Waals surface area contributed by atoms with E-state index in [0.717, 1.165) is 58.1 Å². The van der Waals surface area contributed by atoms with Gasteiger partial charge in [-0.3, -0.25) is 23.9 Å². The molecule has 1 saturated heterocycles. The predicted molar refractivity (Wildman–Crippen MR) is 324 cm³/mol. The van der Waals surface area contributed by atoms with Crippen LogP contribution in [0.1, 0.15) is 140 Å². The highest BCUT2D eigenvalue weighted by Gasteiger charge is 2.40. The van der Waals surface area contributed by atoms with Gasteiger partial charge in [0, 0.05) is 40.7 Å². The molecule has 3 amide bonds. The molecule has 0 unspecified atom stereocenters. The van der Waals surface area contributed by atoms with Crippen molar-refractivity contribution in [2.45, 2.75) is 123 Å². The maximum atomic E-state index is 14.6. The number of nitrogens with one attached hydrogen (secondary N) is 2. The molecule has 5 atom stereocenters. The van der Waals surface area contributed by atoms with Gasteiger partial charge in [-0.1, -0.05) is 55.8 Å². The molecule has 2 aliphatic heterocycles. The lowest BCUT2D eigenvalue weighted by Gasteiger charge is -2.37. The van der Waals surface area contributed by atoms with E-state index in [1.165, 1.54) is 26.2 Å². The number of nitrogens with zero attached hydrogens (tertiary/aromatic N) is 5. The van der Waals surface area contributed by atoms with Crippen molar-refractivity contribution in [3.8, 4) is 39.5 Å². The molecule has 6 aromatic rings. The first-order valence-electron chi connectivity index (χ1n) is 28.8. The van der Waals surface area contributed by atoms with E-state index in [4.69, 9.17) is 49.8 Å². The van der Waals surface area contributed by atoms with Crippen LogP contribution in [-0.2, 0) is 30.3 Å². The highest BCUT2D eigenvalue weighted by molar-refractivity contribution is 7.15. The molecule has 2 N–H and O–H groups in total. The molecule has 84 heavy (non-hydrogen) atoms. The van der Waals surface area contributed by atoms with Crippen LogP contribution in [-0.4, -0.2) is 117 Å². The van der Waals surface area contributed by atoms with E-state index in [2.05, 4.69) is 39.2 Å². The summed E-state index contributed by atoms with van der Waals surface area (Å²) >= 11 is 7.99. The molecular weight excluding hydrogens is 1110 g/mol. The average molecular weight is 1190 g/mol. The minimum atomic E-state index is -0.817. The first-order valence-corrected chi connectivity index (χ1v) is 30.0. The quantitative estimate of drug-likeness (QED) is 0.0364. The van der Waals surface area contributed by atoms with Gasteiger partial charge in [-0.15, -0.1) is 21.5 Å². The smallest absolute Gasteiger partial charge is 0.329 e. The standard InChI is InChI=1S/C64H78ClN7O11S/c1-11-47(44-35-53(79-8)59(81-10)54(36-44)80-9)62(75)71-32-17-14-21-49(71)64(76)83-50(28-22-41-23-29-51(77-6)52(33-41)78-7)43-19-18-20-46(34-43)82-37-55(73)66-30-15-13-16-31-67-61(74)48(12-2)58-60-70-69-40(5)72(60)63-56(38(3)39(4)84-63)57(68-58)42-24-26-45(65)27-25-42/h18-20,23-27,29,33-36,47-50,58H,11-17,21-22,28,30-32,37H2,1-10H3,(H,66,73)(H,67,74)/t47-,48+,49-,50+,58-/m0/s1. The Balaban J connectivity index is 0.871. The maximum absolute atomic E-state index is 14.6. The number of amides is 3. The van der Waals surface area contributed by atoms with Crippen molar-refractivity contribution >= 4 is 52.3 Å². The zero-order valence-electron chi connectivity index (χ0n) is 49.8. The zero-order valence-corrected chi connectivity index (χ0v) is 51.4. The number of piperidine rings is 1. The summed E-state index contributed by atoms with van der Waals surface area (Å²) in [6, 6.07) is 22.7. The summed E-state index contributed by atoms with van der Waals surface area (Å²) in [6.07, 6.45) is 5.24. The van der Waals surface area contributed by atoms with Crippen LogP contribution in [0.2, 0.25) is 5.02 Å². The van der Waals surface area contributed by atoms with Crippen LogP contribution in [0, 0.1) is 26.7 Å². The van der Waals surface area contributed by atoms with Gasteiger partial charge >= 0.3 is 5.97 Å². The number of likely N-dealkylation sites (tertiary alicyclic amines) is 1. The molecular formula is C64H78ClN7O11S. The van der Waals surface area contributed by atoms with Gasteiger partial charge < -0.3 is 48.7 Å². The molecule has 2 aliphatic rings. The first kappa shape index (κ1) is 62.4. The fraction of sp³-hybridized carbons (Fsp3) is 0.453. The van der Waals surface area contributed by atoms with Crippen LogP contribution in [0.25, 0.3) is 5.00 Å². The third-order valence-corrected chi connectivity index (χ3v) is 17.2. The number of ether oxygens (including phenoxy) is 7. The Morgan fingerprint density at radius 2 is 1.48 bits per heavy atom. The van der Waals surface area contributed by atoms with E-state index in [1.54, 1.807) is 60.8 Å². The SMILES string of the molecule is CC[C@H](C(=O)N1CCCC[C@H]1C(=O)O[C@H](CCc1ccc(OC)c(OC)c1)c1cccc(OCC(=O)NCCCCCNC(=O)[C@H](CC)[C@@H]2N=C(c3ccc(Cl)cc3)c3c(sc(C)c3C)-n3c(C)nnc32)c1)c1cc(OC)c(OC)c(OC)c1. The summed E-state index contributed by atoms with van der Waals surface area (Å²) in [7, 11) is 7.75. The van der Waals surface area contributed by atoms with Crippen LogP contribution in [0.5, 0.6) is 34.5 Å². The van der Waals surface area contributed by atoms with Crippen molar-refractivity contribution in [1.82, 2.24) is 30.3 Å². The van der Waals surface area contributed by atoms with Crippen LogP contribution in [0.15, 0.2) is 83.9 Å². The Morgan fingerprint density at radius 3 is 2.15 bits per heavy atom. The minimum absolute atomic E-state index is 0.109. The second-order valence-electron chi connectivity index (χ2n) is 21.0. The van der Waals surface area contributed by atoms with Crippen LogP contribution in [0.4, 0.5) is 0 Å². The molecule has 2 aromatic heterocycles. The number of thiophene rings is 1. The Hall–Kier alpha value is -7.64. The molecule has 1 fully saturated rings. The Kier molecular flexibility index (Phi) is 21.7.